The van der Waals surface area contributed by atoms with E-state index in [-0.39, 0.29) is 12.6 Å². The summed E-state index contributed by atoms with van der Waals surface area (Å²) in [7, 11) is 0. The second kappa shape index (κ2) is 8.07. The van der Waals surface area contributed by atoms with Crippen molar-refractivity contribution in [3.63, 3.8) is 0 Å². The lowest BCUT2D eigenvalue weighted by molar-refractivity contribution is 0.224. The van der Waals surface area contributed by atoms with Gasteiger partial charge >= 0.3 is 6.03 Å². The molecule has 0 aliphatic carbocycles. The fourth-order valence-corrected chi connectivity index (χ4v) is 2.41. The number of nitrogens with one attached hydrogen (secondary N) is 2. The van der Waals surface area contributed by atoms with Crippen LogP contribution in [-0.2, 0) is 6.42 Å². The molecule has 3 rings (SSSR count). The number of aliphatic hydroxyl groups is 1. The standard InChI is InChI=1S/C18H19N5O2/c24-13-15(10-14-6-2-1-3-7-14)21-18(25)22-16-11-20-23(12-16)17-8-4-5-9-19-17/h1-9,11-12,15,24H,10,13H2,(H2,21,22,25)/t15-/m1/s1. The molecule has 0 saturated carbocycles. The Labute approximate surface area is 145 Å². The molecule has 0 aliphatic rings. The van der Waals surface area contributed by atoms with Gasteiger partial charge in [-0.15, -0.1) is 0 Å². The predicted molar refractivity (Wildman–Crippen MR) is 94.5 cm³/mol. The molecule has 7 heteroatoms. The van der Waals surface area contributed by atoms with E-state index < -0.39 is 6.03 Å². The van der Waals surface area contributed by atoms with Crippen molar-refractivity contribution in [2.24, 2.45) is 0 Å². The molecule has 1 aromatic carbocycles. The van der Waals surface area contributed by atoms with Gasteiger partial charge in [0.1, 0.15) is 0 Å². The number of aromatic nitrogens is 3. The third-order valence-electron chi connectivity index (χ3n) is 3.60. The summed E-state index contributed by atoms with van der Waals surface area (Å²) in [6, 6.07) is 14.4. The van der Waals surface area contributed by atoms with E-state index in [2.05, 4.69) is 20.7 Å². The molecule has 0 radical (unpaired) electrons. The summed E-state index contributed by atoms with van der Waals surface area (Å²) in [5, 5.41) is 19.1. The monoisotopic (exact) mass is 337 g/mol. The Kier molecular flexibility index (Phi) is 5.38. The molecule has 1 atom stereocenters. The number of hydrogen-bond donors (Lipinski definition) is 3. The normalized spacial score (nSPS) is 11.7. The predicted octanol–water partition coefficient (Wildman–Crippen LogP) is 1.99. The number of amides is 2. The molecular weight excluding hydrogens is 318 g/mol. The van der Waals surface area contributed by atoms with Crippen molar-refractivity contribution in [1.29, 1.82) is 0 Å². The lowest BCUT2D eigenvalue weighted by Gasteiger charge is -2.16. The SMILES string of the molecule is O=C(Nc1cnn(-c2ccccn2)c1)N[C@@H](CO)Cc1ccccc1. The second-order valence-corrected chi connectivity index (χ2v) is 5.53. The number of urea groups is 1. The Morgan fingerprint density at radius 1 is 1.16 bits per heavy atom. The van der Waals surface area contributed by atoms with Gasteiger partial charge in [-0.25, -0.2) is 14.5 Å². The molecule has 3 aromatic rings. The molecule has 2 aromatic heterocycles. The van der Waals surface area contributed by atoms with Gasteiger partial charge < -0.3 is 15.7 Å². The van der Waals surface area contributed by atoms with Gasteiger partial charge in [-0.1, -0.05) is 36.4 Å². The first kappa shape index (κ1) is 16.7. The average Bonchev–Trinajstić information content (AvgIpc) is 3.11. The van der Waals surface area contributed by atoms with E-state index in [0.29, 0.717) is 17.9 Å². The number of nitrogens with zero attached hydrogens (tertiary/aromatic N) is 3. The highest BCUT2D eigenvalue weighted by Gasteiger charge is 2.13. The number of pyridine rings is 1. The van der Waals surface area contributed by atoms with Crippen molar-refractivity contribution in [3.05, 3.63) is 72.7 Å². The third kappa shape index (κ3) is 4.65. The topological polar surface area (TPSA) is 92.1 Å². The maximum atomic E-state index is 12.1. The van der Waals surface area contributed by atoms with Gasteiger partial charge in [-0.2, -0.15) is 5.10 Å². The van der Waals surface area contributed by atoms with E-state index in [1.54, 1.807) is 23.3 Å². The molecule has 25 heavy (non-hydrogen) atoms. The number of anilines is 1. The summed E-state index contributed by atoms with van der Waals surface area (Å²) in [5.74, 6) is 0.660. The van der Waals surface area contributed by atoms with Crippen LogP contribution >= 0.6 is 0 Å². The van der Waals surface area contributed by atoms with Crippen molar-refractivity contribution in [1.82, 2.24) is 20.1 Å². The molecule has 2 heterocycles. The summed E-state index contributed by atoms with van der Waals surface area (Å²) in [6.07, 6.45) is 5.44. The van der Waals surface area contributed by atoms with Gasteiger partial charge in [0.25, 0.3) is 0 Å². The maximum Gasteiger partial charge on any atom is 0.319 e. The Balaban J connectivity index is 1.57. The van der Waals surface area contributed by atoms with Crippen molar-refractivity contribution in [3.8, 4) is 5.82 Å². The van der Waals surface area contributed by atoms with E-state index in [4.69, 9.17) is 0 Å². The Bertz CT molecular complexity index is 805. The first-order chi connectivity index (χ1) is 12.2. The number of carbonyl (C=O) groups excluding carboxylic acids is 1. The summed E-state index contributed by atoms with van der Waals surface area (Å²) >= 11 is 0. The molecule has 0 unspecified atom stereocenters. The van der Waals surface area contributed by atoms with Gasteiger partial charge in [0, 0.05) is 6.20 Å². The molecule has 3 N–H and O–H groups in total. The Hall–Kier alpha value is -3.19. The molecule has 0 bridgehead atoms. The summed E-state index contributed by atoms with van der Waals surface area (Å²) in [5.41, 5.74) is 1.59. The van der Waals surface area contributed by atoms with Crippen LogP contribution in [0.2, 0.25) is 0 Å². The number of carbonyl (C=O) groups is 1. The molecule has 0 aliphatic heterocycles. The molecular formula is C18H19N5O2. The van der Waals surface area contributed by atoms with Crippen LogP contribution < -0.4 is 10.6 Å². The van der Waals surface area contributed by atoms with Crippen LogP contribution in [0, 0.1) is 0 Å². The minimum Gasteiger partial charge on any atom is -0.394 e. The highest BCUT2D eigenvalue weighted by Crippen LogP contribution is 2.09. The van der Waals surface area contributed by atoms with Gasteiger partial charge in [0.2, 0.25) is 0 Å². The van der Waals surface area contributed by atoms with E-state index in [0.717, 1.165) is 5.56 Å². The first-order valence-electron chi connectivity index (χ1n) is 7.93. The Morgan fingerprint density at radius 2 is 1.96 bits per heavy atom. The zero-order chi connectivity index (χ0) is 17.5. The van der Waals surface area contributed by atoms with Crippen molar-refractivity contribution >= 4 is 11.7 Å². The number of rotatable bonds is 6. The van der Waals surface area contributed by atoms with Crippen LogP contribution in [0.4, 0.5) is 10.5 Å². The Morgan fingerprint density at radius 3 is 2.68 bits per heavy atom. The van der Waals surface area contributed by atoms with Gasteiger partial charge in [-0.3, -0.25) is 0 Å². The van der Waals surface area contributed by atoms with Crippen LogP contribution in [0.15, 0.2) is 67.1 Å². The van der Waals surface area contributed by atoms with Gasteiger partial charge in [0.05, 0.1) is 30.7 Å². The van der Waals surface area contributed by atoms with E-state index >= 15 is 0 Å². The zero-order valence-electron chi connectivity index (χ0n) is 13.5. The van der Waals surface area contributed by atoms with Crippen molar-refractivity contribution in [2.45, 2.75) is 12.5 Å². The summed E-state index contributed by atoms with van der Waals surface area (Å²) < 4.78 is 1.57. The van der Waals surface area contributed by atoms with Crippen molar-refractivity contribution in [2.75, 3.05) is 11.9 Å². The van der Waals surface area contributed by atoms with Crippen LogP contribution in [-0.4, -0.2) is 38.6 Å². The van der Waals surface area contributed by atoms with E-state index in [1.165, 1.54) is 0 Å². The highest BCUT2D eigenvalue weighted by atomic mass is 16.3. The molecule has 2 amide bonds. The number of benzene rings is 1. The van der Waals surface area contributed by atoms with Crippen LogP contribution in [0.5, 0.6) is 0 Å². The second-order valence-electron chi connectivity index (χ2n) is 5.53. The minimum atomic E-state index is -0.393. The van der Waals surface area contributed by atoms with Crippen LogP contribution in [0.1, 0.15) is 5.56 Å². The average molecular weight is 337 g/mol. The lowest BCUT2D eigenvalue weighted by atomic mass is 10.1. The lowest BCUT2D eigenvalue weighted by Crippen LogP contribution is -2.41. The summed E-state index contributed by atoms with van der Waals surface area (Å²) in [4.78, 5) is 16.3. The molecule has 0 saturated heterocycles. The van der Waals surface area contributed by atoms with E-state index in [9.17, 15) is 9.90 Å². The minimum absolute atomic E-state index is 0.143. The fraction of sp³-hybridized carbons (Fsp3) is 0.167. The van der Waals surface area contributed by atoms with Crippen LogP contribution in [0.3, 0.4) is 0 Å². The van der Waals surface area contributed by atoms with Crippen LogP contribution in [0.25, 0.3) is 5.82 Å². The third-order valence-corrected chi connectivity index (χ3v) is 3.60. The number of hydrogen-bond acceptors (Lipinski definition) is 4. The first-order valence-corrected chi connectivity index (χ1v) is 7.93. The van der Waals surface area contributed by atoms with Gasteiger partial charge in [0.15, 0.2) is 5.82 Å². The van der Waals surface area contributed by atoms with Crippen molar-refractivity contribution < 1.29 is 9.90 Å². The quantitative estimate of drug-likeness (QED) is 0.641. The summed E-state index contributed by atoms with van der Waals surface area (Å²) in [6.45, 7) is -0.143. The van der Waals surface area contributed by atoms with E-state index in [1.807, 2.05) is 48.5 Å². The molecule has 0 fully saturated rings. The largest absolute Gasteiger partial charge is 0.394 e. The molecule has 0 spiro atoms. The highest BCUT2D eigenvalue weighted by molar-refractivity contribution is 5.89. The zero-order valence-corrected chi connectivity index (χ0v) is 13.5. The fourth-order valence-electron chi connectivity index (χ4n) is 2.41. The maximum absolute atomic E-state index is 12.1. The van der Waals surface area contributed by atoms with Gasteiger partial charge in [-0.05, 0) is 24.1 Å². The number of aliphatic hydroxyl groups excluding tert-OH is 1. The smallest absolute Gasteiger partial charge is 0.319 e. The molecule has 7 nitrogen and oxygen atoms in total. The molecule has 128 valence electrons.